The fraction of sp³-hybridized carbons (Fsp3) is 0.625. The third-order valence-electron chi connectivity index (χ3n) is 3.43. The van der Waals surface area contributed by atoms with Gasteiger partial charge in [-0.3, -0.25) is 0 Å². The Kier molecular flexibility index (Phi) is 6.76. The highest BCUT2D eigenvalue weighted by Crippen LogP contribution is 2.16. The SMILES string of the molecule is CCCCCC(CC)CC.c1cc2ccc1o2. The maximum absolute atomic E-state index is 5.08. The Labute approximate surface area is 106 Å². The van der Waals surface area contributed by atoms with Crippen LogP contribution in [-0.4, -0.2) is 0 Å². The summed E-state index contributed by atoms with van der Waals surface area (Å²) in [7, 11) is 0. The largest absolute Gasteiger partial charge is 0.457 e. The van der Waals surface area contributed by atoms with E-state index in [1.807, 2.05) is 24.3 Å². The van der Waals surface area contributed by atoms with Crippen LogP contribution in [0.4, 0.5) is 0 Å². The zero-order valence-corrected chi connectivity index (χ0v) is 11.5. The van der Waals surface area contributed by atoms with Crippen molar-refractivity contribution in [3.63, 3.8) is 0 Å². The second-order valence-electron chi connectivity index (χ2n) is 4.75. The van der Waals surface area contributed by atoms with E-state index >= 15 is 0 Å². The molecule has 2 heterocycles. The first kappa shape index (κ1) is 14.1. The number of fused-ring (bicyclic) bond motifs is 2. The lowest BCUT2D eigenvalue weighted by Gasteiger charge is -2.10. The Morgan fingerprint density at radius 1 is 0.882 bits per heavy atom. The van der Waals surface area contributed by atoms with Gasteiger partial charge in [-0.05, 0) is 30.2 Å². The molecular formula is C16H26O. The smallest absolute Gasteiger partial charge is 0.127 e. The normalized spacial score (nSPS) is 10.8. The molecule has 0 N–H and O–H groups in total. The van der Waals surface area contributed by atoms with Crippen molar-refractivity contribution < 1.29 is 4.42 Å². The Morgan fingerprint density at radius 2 is 1.41 bits per heavy atom. The topological polar surface area (TPSA) is 13.1 Å². The van der Waals surface area contributed by atoms with Crippen LogP contribution in [0.5, 0.6) is 0 Å². The summed E-state index contributed by atoms with van der Waals surface area (Å²) in [4.78, 5) is 0. The standard InChI is InChI=1S/C10H22.C6H4O/c1-4-7-8-9-10(5-2)6-3;1-2-6-4-3-5(1)7-6/h10H,4-9H2,1-3H3;1-4H. The molecule has 0 aromatic carbocycles. The third kappa shape index (κ3) is 5.25. The maximum atomic E-state index is 5.08. The van der Waals surface area contributed by atoms with Crippen LogP contribution in [0.1, 0.15) is 59.3 Å². The predicted octanol–water partition coefficient (Wildman–Crippen LogP) is 5.87. The molecule has 0 radical (unpaired) electrons. The van der Waals surface area contributed by atoms with Crippen molar-refractivity contribution in [2.24, 2.45) is 5.92 Å². The minimum Gasteiger partial charge on any atom is -0.457 e. The molecule has 17 heavy (non-hydrogen) atoms. The summed E-state index contributed by atoms with van der Waals surface area (Å²) >= 11 is 0. The lowest BCUT2D eigenvalue weighted by molar-refractivity contribution is 0.432. The van der Waals surface area contributed by atoms with Gasteiger partial charge in [-0.1, -0.05) is 59.3 Å². The van der Waals surface area contributed by atoms with Gasteiger partial charge in [0.2, 0.25) is 0 Å². The summed E-state index contributed by atoms with van der Waals surface area (Å²) in [5.41, 5.74) is 1.94. The number of unbranched alkanes of at least 4 members (excludes halogenated alkanes) is 2. The van der Waals surface area contributed by atoms with Gasteiger partial charge < -0.3 is 4.42 Å². The Balaban J connectivity index is 0.000000177. The van der Waals surface area contributed by atoms with Crippen molar-refractivity contribution in [3.05, 3.63) is 24.3 Å². The van der Waals surface area contributed by atoms with Crippen molar-refractivity contribution in [2.45, 2.75) is 59.3 Å². The second kappa shape index (κ2) is 8.16. The quantitative estimate of drug-likeness (QED) is 0.569. The minimum absolute atomic E-state index is 0.968. The van der Waals surface area contributed by atoms with E-state index in [-0.39, 0.29) is 0 Å². The highest BCUT2D eigenvalue weighted by Gasteiger charge is 2.00. The molecule has 0 aliphatic heterocycles. The monoisotopic (exact) mass is 234 g/mol. The molecule has 0 saturated carbocycles. The van der Waals surface area contributed by atoms with E-state index in [1.54, 1.807) is 0 Å². The van der Waals surface area contributed by atoms with Crippen LogP contribution in [0, 0.1) is 5.92 Å². The lowest BCUT2D eigenvalue weighted by atomic mass is 9.96. The fourth-order valence-corrected chi connectivity index (χ4v) is 2.09. The molecule has 0 saturated heterocycles. The zero-order valence-electron chi connectivity index (χ0n) is 11.5. The van der Waals surface area contributed by atoms with Gasteiger partial charge in [0.15, 0.2) is 0 Å². The second-order valence-corrected chi connectivity index (χ2v) is 4.75. The summed E-state index contributed by atoms with van der Waals surface area (Å²) in [5, 5.41) is 0. The van der Waals surface area contributed by atoms with Crippen LogP contribution < -0.4 is 0 Å². The summed E-state index contributed by atoms with van der Waals surface area (Å²) in [6.45, 7) is 6.88. The number of furan rings is 2. The van der Waals surface area contributed by atoms with Gasteiger partial charge >= 0.3 is 0 Å². The molecule has 0 fully saturated rings. The van der Waals surface area contributed by atoms with Crippen molar-refractivity contribution in [3.8, 4) is 0 Å². The molecular weight excluding hydrogens is 208 g/mol. The van der Waals surface area contributed by atoms with Crippen LogP contribution >= 0.6 is 0 Å². The molecule has 0 amide bonds. The van der Waals surface area contributed by atoms with Crippen molar-refractivity contribution >= 4 is 11.2 Å². The van der Waals surface area contributed by atoms with Crippen molar-refractivity contribution in [1.29, 1.82) is 0 Å². The van der Waals surface area contributed by atoms with Crippen LogP contribution in [0.25, 0.3) is 11.2 Å². The molecule has 2 bridgehead atoms. The molecule has 2 aromatic heterocycles. The average molecular weight is 234 g/mol. The van der Waals surface area contributed by atoms with Gasteiger partial charge in [-0.2, -0.15) is 0 Å². The third-order valence-corrected chi connectivity index (χ3v) is 3.43. The Bertz CT molecular complexity index is 314. The molecule has 1 nitrogen and oxygen atoms in total. The number of benzene rings is 1. The molecule has 0 aliphatic rings. The number of hydrogen-bond acceptors (Lipinski definition) is 1. The van der Waals surface area contributed by atoms with E-state index in [0.717, 1.165) is 17.1 Å². The van der Waals surface area contributed by atoms with Gasteiger partial charge in [0.1, 0.15) is 11.2 Å². The van der Waals surface area contributed by atoms with Crippen LogP contribution in [0.15, 0.2) is 28.7 Å². The van der Waals surface area contributed by atoms with Gasteiger partial charge in [0, 0.05) is 0 Å². The van der Waals surface area contributed by atoms with Gasteiger partial charge in [0.05, 0.1) is 0 Å². The summed E-state index contributed by atoms with van der Waals surface area (Å²) in [6, 6.07) is 7.81. The van der Waals surface area contributed by atoms with E-state index < -0.39 is 0 Å². The van der Waals surface area contributed by atoms with E-state index in [1.165, 1.54) is 38.5 Å². The summed E-state index contributed by atoms with van der Waals surface area (Å²) in [6.07, 6.45) is 8.45. The fourth-order valence-electron chi connectivity index (χ4n) is 2.09. The van der Waals surface area contributed by atoms with E-state index in [2.05, 4.69) is 20.8 Å². The van der Waals surface area contributed by atoms with Gasteiger partial charge in [-0.25, -0.2) is 0 Å². The molecule has 0 aliphatic carbocycles. The summed E-state index contributed by atoms with van der Waals surface area (Å²) in [5.74, 6) is 1.01. The van der Waals surface area contributed by atoms with E-state index in [0.29, 0.717) is 0 Å². The average Bonchev–Trinajstić information content (AvgIpc) is 3.00. The van der Waals surface area contributed by atoms with E-state index in [4.69, 9.17) is 4.42 Å². The Hall–Kier alpha value is -0.980. The predicted molar refractivity (Wildman–Crippen MR) is 75.6 cm³/mol. The molecule has 2 aromatic rings. The molecule has 0 spiro atoms. The highest BCUT2D eigenvalue weighted by atomic mass is 16.3. The van der Waals surface area contributed by atoms with Gasteiger partial charge in [0.25, 0.3) is 0 Å². The first-order chi connectivity index (χ1) is 8.30. The summed E-state index contributed by atoms with van der Waals surface area (Å²) < 4.78 is 5.08. The first-order valence-electron chi connectivity index (χ1n) is 7.08. The van der Waals surface area contributed by atoms with Crippen LogP contribution in [0.3, 0.4) is 0 Å². The lowest BCUT2D eigenvalue weighted by Crippen LogP contribution is -1.95. The minimum atomic E-state index is 0.968. The number of rotatable bonds is 6. The van der Waals surface area contributed by atoms with E-state index in [9.17, 15) is 0 Å². The molecule has 2 rings (SSSR count). The number of hydrogen-bond donors (Lipinski definition) is 0. The maximum Gasteiger partial charge on any atom is 0.127 e. The van der Waals surface area contributed by atoms with Crippen molar-refractivity contribution in [2.75, 3.05) is 0 Å². The molecule has 1 heteroatoms. The highest BCUT2D eigenvalue weighted by molar-refractivity contribution is 5.59. The molecule has 0 atom stereocenters. The molecule has 0 unspecified atom stereocenters. The molecule has 96 valence electrons. The van der Waals surface area contributed by atoms with Crippen LogP contribution in [-0.2, 0) is 0 Å². The zero-order chi connectivity index (χ0) is 12.5. The van der Waals surface area contributed by atoms with Crippen LogP contribution in [0.2, 0.25) is 0 Å². The Morgan fingerprint density at radius 3 is 1.71 bits per heavy atom. The first-order valence-corrected chi connectivity index (χ1v) is 7.08. The van der Waals surface area contributed by atoms with Crippen molar-refractivity contribution in [1.82, 2.24) is 0 Å². The van der Waals surface area contributed by atoms with Gasteiger partial charge in [-0.15, -0.1) is 0 Å².